The van der Waals surface area contributed by atoms with E-state index in [4.69, 9.17) is 17.3 Å². The van der Waals surface area contributed by atoms with Crippen LogP contribution in [0.2, 0.25) is 5.02 Å². The molecule has 0 radical (unpaired) electrons. The van der Waals surface area contributed by atoms with Crippen molar-refractivity contribution >= 4 is 44.6 Å². The smallest absolute Gasteiger partial charge is 0.0596 e. The van der Waals surface area contributed by atoms with Crippen molar-refractivity contribution in [2.75, 3.05) is 11.1 Å². The molecule has 3 N–H and O–H groups in total. The molecule has 0 aliphatic heterocycles. The Morgan fingerprint density at radius 3 is 2.62 bits per heavy atom. The first-order valence-corrected chi connectivity index (χ1v) is 5.90. The standard InChI is InChI=1S/C12H10BrClN2/c13-12-10(14)5-2-6-11(12)16-9-4-1-3-8(15)7-9/h1-7,16H,15H2. The highest BCUT2D eigenvalue weighted by atomic mass is 79.9. The number of benzene rings is 2. The molecule has 0 aromatic heterocycles. The first kappa shape index (κ1) is 11.3. The fourth-order valence-corrected chi connectivity index (χ4v) is 1.91. The van der Waals surface area contributed by atoms with Gasteiger partial charge < -0.3 is 11.1 Å². The molecule has 0 atom stereocenters. The van der Waals surface area contributed by atoms with E-state index in [0.717, 1.165) is 21.5 Å². The van der Waals surface area contributed by atoms with Crippen molar-refractivity contribution in [3.8, 4) is 0 Å². The molecule has 2 aromatic rings. The maximum atomic E-state index is 6.00. The summed E-state index contributed by atoms with van der Waals surface area (Å²) in [5.74, 6) is 0. The van der Waals surface area contributed by atoms with Gasteiger partial charge in [0, 0.05) is 11.4 Å². The summed E-state index contributed by atoms with van der Waals surface area (Å²) in [5.41, 5.74) is 8.28. The number of nitrogens with one attached hydrogen (secondary N) is 1. The van der Waals surface area contributed by atoms with Crippen LogP contribution in [0.3, 0.4) is 0 Å². The molecule has 0 heterocycles. The van der Waals surface area contributed by atoms with Gasteiger partial charge in [0.2, 0.25) is 0 Å². The van der Waals surface area contributed by atoms with E-state index < -0.39 is 0 Å². The molecule has 0 amide bonds. The lowest BCUT2D eigenvalue weighted by Gasteiger charge is -2.09. The molecule has 4 heteroatoms. The van der Waals surface area contributed by atoms with Gasteiger partial charge >= 0.3 is 0 Å². The van der Waals surface area contributed by atoms with Crippen LogP contribution in [-0.2, 0) is 0 Å². The van der Waals surface area contributed by atoms with Crippen LogP contribution in [0.4, 0.5) is 17.1 Å². The third kappa shape index (κ3) is 2.49. The van der Waals surface area contributed by atoms with Gasteiger partial charge in [0.05, 0.1) is 15.2 Å². The fourth-order valence-electron chi connectivity index (χ4n) is 1.37. The van der Waals surface area contributed by atoms with Gasteiger partial charge in [-0.15, -0.1) is 0 Å². The Balaban J connectivity index is 2.31. The Hall–Kier alpha value is -1.19. The second-order valence-corrected chi connectivity index (χ2v) is 4.55. The van der Waals surface area contributed by atoms with Gasteiger partial charge in [-0.2, -0.15) is 0 Å². The number of rotatable bonds is 2. The molecule has 0 bridgehead atoms. The van der Waals surface area contributed by atoms with Gasteiger partial charge in [-0.25, -0.2) is 0 Å². The van der Waals surface area contributed by atoms with Crippen molar-refractivity contribution in [2.24, 2.45) is 0 Å². The monoisotopic (exact) mass is 296 g/mol. The second-order valence-electron chi connectivity index (χ2n) is 3.35. The Morgan fingerprint density at radius 2 is 1.88 bits per heavy atom. The van der Waals surface area contributed by atoms with Crippen LogP contribution in [0, 0.1) is 0 Å². The predicted octanol–water partition coefficient (Wildman–Crippen LogP) is 4.43. The van der Waals surface area contributed by atoms with E-state index in [0.29, 0.717) is 5.02 Å². The van der Waals surface area contributed by atoms with Crippen molar-refractivity contribution in [1.29, 1.82) is 0 Å². The predicted molar refractivity (Wildman–Crippen MR) is 73.3 cm³/mol. The van der Waals surface area contributed by atoms with E-state index in [1.54, 1.807) is 0 Å². The third-order valence-electron chi connectivity index (χ3n) is 2.12. The van der Waals surface area contributed by atoms with E-state index in [-0.39, 0.29) is 0 Å². The van der Waals surface area contributed by atoms with Crippen LogP contribution in [0.15, 0.2) is 46.9 Å². The Labute approximate surface area is 108 Å². The van der Waals surface area contributed by atoms with Crippen molar-refractivity contribution in [1.82, 2.24) is 0 Å². The van der Waals surface area contributed by atoms with Crippen molar-refractivity contribution in [2.45, 2.75) is 0 Å². The van der Waals surface area contributed by atoms with E-state index >= 15 is 0 Å². The third-order valence-corrected chi connectivity index (χ3v) is 3.51. The van der Waals surface area contributed by atoms with E-state index in [1.165, 1.54) is 0 Å². The van der Waals surface area contributed by atoms with Crippen LogP contribution < -0.4 is 11.1 Å². The zero-order valence-corrected chi connectivity index (χ0v) is 10.7. The zero-order chi connectivity index (χ0) is 11.5. The zero-order valence-electron chi connectivity index (χ0n) is 8.37. The van der Waals surface area contributed by atoms with Gasteiger partial charge in [-0.3, -0.25) is 0 Å². The first-order valence-electron chi connectivity index (χ1n) is 4.73. The van der Waals surface area contributed by atoms with Gasteiger partial charge in [0.25, 0.3) is 0 Å². The highest BCUT2D eigenvalue weighted by Crippen LogP contribution is 2.32. The maximum absolute atomic E-state index is 6.00. The molecule has 2 aromatic carbocycles. The topological polar surface area (TPSA) is 38.0 Å². The maximum Gasteiger partial charge on any atom is 0.0596 e. The number of halogens is 2. The Morgan fingerprint density at radius 1 is 1.12 bits per heavy atom. The Bertz CT molecular complexity index is 514. The van der Waals surface area contributed by atoms with Crippen molar-refractivity contribution in [3.63, 3.8) is 0 Å². The summed E-state index contributed by atoms with van der Waals surface area (Å²) < 4.78 is 0.846. The largest absolute Gasteiger partial charge is 0.399 e. The average Bonchev–Trinajstić information content (AvgIpc) is 2.25. The molecule has 0 fully saturated rings. The molecule has 2 nitrogen and oxygen atoms in total. The van der Waals surface area contributed by atoms with E-state index in [2.05, 4.69) is 21.2 Å². The summed E-state index contributed by atoms with van der Waals surface area (Å²) in [5, 5.41) is 3.92. The number of hydrogen-bond donors (Lipinski definition) is 2. The summed E-state index contributed by atoms with van der Waals surface area (Å²) >= 11 is 9.43. The van der Waals surface area contributed by atoms with Gasteiger partial charge in [0.1, 0.15) is 0 Å². The molecule has 0 saturated heterocycles. The van der Waals surface area contributed by atoms with Gasteiger partial charge in [0.15, 0.2) is 0 Å². The van der Waals surface area contributed by atoms with Crippen LogP contribution in [0.25, 0.3) is 0 Å². The molecule has 0 unspecified atom stereocenters. The lowest BCUT2D eigenvalue weighted by atomic mass is 10.2. The summed E-state index contributed by atoms with van der Waals surface area (Å²) in [4.78, 5) is 0. The van der Waals surface area contributed by atoms with E-state index in [1.807, 2.05) is 42.5 Å². The Kier molecular flexibility index (Phi) is 3.36. The average molecular weight is 298 g/mol. The van der Waals surface area contributed by atoms with Crippen LogP contribution >= 0.6 is 27.5 Å². The number of hydrogen-bond acceptors (Lipinski definition) is 2. The lowest BCUT2D eigenvalue weighted by Crippen LogP contribution is -1.93. The van der Waals surface area contributed by atoms with Gasteiger partial charge in [-0.05, 0) is 46.3 Å². The van der Waals surface area contributed by atoms with Crippen molar-refractivity contribution in [3.05, 3.63) is 52.0 Å². The SMILES string of the molecule is Nc1cccc(Nc2cccc(Cl)c2Br)c1. The van der Waals surface area contributed by atoms with Crippen LogP contribution in [0.1, 0.15) is 0 Å². The van der Waals surface area contributed by atoms with Crippen molar-refractivity contribution < 1.29 is 0 Å². The molecule has 16 heavy (non-hydrogen) atoms. The molecule has 2 rings (SSSR count). The van der Waals surface area contributed by atoms with Crippen LogP contribution in [0.5, 0.6) is 0 Å². The number of anilines is 3. The molecule has 82 valence electrons. The summed E-state index contributed by atoms with van der Waals surface area (Å²) in [7, 11) is 0. The summed E-state index contributed by atoms with van der Waals surface area (Å²) in [6.07, 6.45) is 0. The minimum Gasteiger partial charge on any atom is -0.399 e. The summed E-state index contributed by atoms with van der Waals surface area (Å²) in [6, 6.07) is 13.2. The highest BCUT2D eigenvalue weighted by molar-refractivity contribution is 9.10. The molecule has 0 aliphatic rings. The molecule has 0 spiro atoms. The lowest BCUT2D eigenvalue weighted by molar-refractivity contribution is 1.52. The minimum absolute atomic E-state index is 0.675. The normalized spacial score (nSPS) is 10.1. The fraction of sp³-hybridized carbons (Fsp3) is 0. The number of nitrogens with two attached hydrogens (primary N) is 1. The number of nitrogen functional groups attached to an aromatic ring is 1. The molecule has 0 aliphatic carbocycles. The second kappa shape index (κ2) is 4.76. The van der Waals surface area contributed by atoms with E-state index in [9.17, 15) is 0 Å². The first-order chi connectivity index (χ1) is 7.66. The molecule has 0 saturated carbocycles. The molecular weight excluding hydrogens is 288 g/mol. The van der Waals surface area contributed by atoms with Crippen LogP contribution in [-0.4, -0.2) is 0 Å². The summed E-state index contributed by atoms with van der Waals surface area (Å²) in [6.45, 7) is 0. The minimum atomic E-state index is 0.675. The van der Waals surface area contributed by atoms with Gasteiger partial charge in [-0.1, -0.05) is 23.7 Å². The molecular formula is C12H10BrClN2. The highest BCUT2D eigenvalue weighted by Gasteiger charge is 2.03. The quantitative estimate of drug-likeness (QED) is 0.805.